The van der Waals surface area contributed by atoms with E-state index in [4.69, 9.17) is 14.2 Å². The van der Waals surface area contributed by atoms with Gasteiger partial charge in [0.1, 0.15) is 12.2 Å². The molecule has 0 bridgehead atoms. The molecule has 1 aromatic rings. The lowest BCUT2D eigenvalue weighted by Gasteiger charge is -2.44. The molecule has 1 aliphatic heterocycles. The first kappa shape index (κ1) is 22.3. The summed E-state index contributed by atoms with van der Waals surface area (Å²) in [5.74, 6) is 1.48. The Balaban J connectivity index is 1.92. The van der Waals surface area contributed by atoms with Crippen molar-refractivity contribution in [3.8, 4) is 0 Å². The van der Waals surface area contributed by atoms with Crippen LogP contribution in [0.2, 0.25) is 18.1 Å². The van der Waals surface area contributed by atoms with E-state index in [-0.39, 0.29) is 23.3 Å². The van der Waals surface area contributed by atoms with Gasteiger partial charge in [0.25, 0.3) is 0 Å². The molecule has 1 aromatic carbocycles. The second-order valence-corrected chi connectivity index (χ2v) is 15.0. The maximum absolute atomic E-state index is 6.92. The molecule has 1 saturated carbocycles. The van der Waals surface area contributed by atoms with Crippen molar-refractivity contribution < 1.29 is 9.16 Å². The summed E-state index contributed by atoms with van der Waals surface area (Å²) in [4.78, 5) is 5.14. The summed E-state index contributed by atoms with van der Waals surface area (Å²) in [5.41, 5.74) is 1.04. The van der Waals surface area contributed by atoms with E-state index < -0.39 is 8.32 Å². The Labute approximate surface area is 178 Å². The van der Waals surface area contributed by atoms with Crippen LogP contribution in [-0.2, 0) is 9.16 Å². The predicted octanol–water partition coefficient (Wildman–Crippen LogP) is 6.75. The van der Waals surface area contributed by atoms with Crippen molar-refractivity contribution >= 4 is 14.2 Å². The SMILES string of the molecule is C=C[C@@H]1OC(c2ccccc2)=N[C@@H](CC2CCCCC2)[C@H]1O[Si](C)(C)C(C)(C)C. The van der Waals surface area contributed by atoms with E-state index >= 15 is 0 Å². The lowest BCUT2D eigenvalue weighted by atomic mass is 9.83. The van der Waals surface area contributed by atoms with Crippen LogP contribution in [0.25, 0.3) is 0 Å². The third-order valence-corrected chi connectivity index (χ3v) is 11.5. The van der Waals surface area contributed by atoms with Crippen LogP contribution in [0, 0.1) is 5.92 Å². The molecular formula is C25H39NO2Si. The second kappa shape index (κ2) is 9.17. The van der Waals surface area contributed by atoms with Crippen LogP contribution in [-0.4, -0.2) is 32.5 Å². The Morgan fingerprint density at radius 1 is 1.14 bits per heavy atom. The zero-order valence-electron chi connectivity index (χ0n) is 19.0. The quantitative estimate of drug-likeness (QED) is 0.381. The van der Waals surface area contributed by atoms with E-state index in [0.717, 1.165) is 23.8 Å². The minimum Gasteiger partial charge on any atom is -0.467 e. The van der Waals surface area contributed by atoms with Crippen molar-refractivity contribution in [3.05, 3.63) is 48.6 Å². The monoisotopic (exact) mass is 413 g/mol. The maximum atomic E-state index is 6.92. The van der Waals surface area contributed by atoms with Crippen molar-refractivity contribution in [2.45, 2.75) is 95.7 Å². The minimum atomic E-state index is -1.96. The Morgan fingerprint density at radius 2 is 1.79 bits per heavy atom. The molecule has 0 aromatic heterocycles. The van der Waals surface area contributed by atoms with Gasteiger partial charge in [0, 0.05) is 5.56 Å². The highest BCUT2D eigenvalue weighted by atomic mass is 28.4. The first-order valence-corrected chi connectivity index (χ1v) is 14.2. The summed E-state index contributed by atoms with van der Waals surface area (Å²) in [7, 11) is -1.96. The van der Waals surface area contributed by atoms with Crippen LogP contribution < -0.4 is 0 Å². The lowest BCUT2D eigenvalue weighted by molar-refractivity contribution is 0.0252. The normalized spacial score (nSPS) is 26.5. The van der Waals surface area contributed by atoms with Crippen molar-refractivity contribution in [1.29, 1.82) is 0 Å². The van der Waals surface area contributed by atoms with Gasteiger partial charge in [0.05, 0.1) is 6.04 Å². The smallest absolute Gasteiger partial charge is 0.217 e. The molecule has 3 nitrogen and oxygen atoms in total. The number of hydrogen-bond donors (Lipinski definition) is 0. The van der Waals surface area contributed by atoms with E-state index in [9.17, 15) is 0 Å². The summed E-state index contributed by atoms with van der Waals surface area (Å²) in [5, 5.41) is 0.150. The molecule has 1 aliphatic carbocycles. The highest BCUT2D eigenvalue weighted by molar-refractivity contribution is 6.74. The third-order valence-electron chi connectivity index (χ3n) is 7.02. The maximum Gasteiger partial charge on any atom is 0.217 e. The molecule has 1 heterocycles. The van der Waals surface area contributed by atoms with Gasteiger partial charge in [-0.05, 0) is 48.7 Å². The molecule has 0 saturated heterocycles. The zero-order chi connectivity index (χ0) is 21.1. The fourth-order valence-corrected chi connectivity index (χ4v) is 5.51. The van der Waals surface area contributed by atoms with E-state index in [1.807, 2.05) is 24.3 Å². The van der Waals surface area contributed by atoms with Gasteiger partial charge in [-0.3, -0.25) is 0 Å². The molecule has 29 heavy (non-hydrogen) atoms. The van der Waals surface area contributed by atoms with Crippen LogP contribution >= 0.6 is 0 Å². The Bertz CT molecular complexity index is 701. The standard InChI is InChI=1S/C25H39NO2Si/c1-7-22-23(28-29(5,6)25(2,3)4)21(18-19-14-10-8-11-15-19)26-24(27-22)20-16-12-9-13-17-20/h7,9,12-13,16-17,19,21-23H,1,8,10-11,14-15,18H2,2-6H3/t21-,22-,23+/m0/s1. The topological polar surface area (TPSA) is 30.8 Å². The van der Waals surface area contributed by atoms with Crippen LogP contribution in [0.3, 0.4) is 0 Å². The molecule has 2 aliphatic rings. The van der Waals surface area contributed by atoms with Crippen molar-refractivity contribution in [1.82, 2.24) is 0 Å². The van der Waals surface area contributed by atoms with Gasteiger partial charge in [0.2, 0.25) is 5.90 Å². The van der Waals surface area contributed by atoms with Gasteiger partial charge in [-0.1, -0.05) is 77.7 Å². The highest BCUT2D eigenvalue weighted by Crippen LogP contribution is 2.40. The molecule has 0 N–H and O–H groups in total. The zero-order valence-corrected chi connectivity index (χ0v) is 20.0. The molecule has 4 heteroatoms. The largest absolute Gasteiger partial charge is 0.467 e. The lowest BCUT2D eigenvalue weighted by Crippen LogP contribution is -2.53. The Morgan fingerprint density at radius 3 is 2.38 bits per heavy atom. The predicted molar refractivity (Wildman–Crippen MR) is 125 cm³/mol. The number of hydrogen-bond acceptors (Lipinski definition) is 3. The average molecular weight is 414 g/mol. The van der Waals surface area contributed by atoms with E-state index in [2.05, 4.69) is 52.6 Å². The van der Waals surface area contributed by atoms with Crippen LogP contribution in [0.15, 0.2) is 48.0 Å². The molecular weight excluding hydrogens is 374 g/mol. The third kappa shape index (κ3) is 5.40. The molecule has 3 rings (SSSR count). The molecule has 0 amide bonds. The number of benzene rings is 1. The van der Waals surface area contributed by atoms with Gasteiger partial charge in [-0.25, -0.2) is 4.99 Å². The Hall–Kier alpha value is -1.39. The first-order chi connectivity index (χ1) is 13.7. The number of rotatable bonds is 6. The fourth-order valence-electron chi connectivity index (χ4n) is 4.19. The van der Waals surface area contributed by atoms with Crippen LogP contribution in [0.1, 0.15) is 64.9 Å². The van der Waals surface area contributed by atoms with Crippen molar-refractivity contribution in [3.63, 3.8) is 0 Å². The number of aliphatic imine (C=N–C) groups is 1. The number of nitrogens with zero attached hydrogens (tertiary/aromatic N) is 1. The Kier molecular flexibility index (Phi) is 7.05. The minimum absolute atomic E-state index is 0.0530. The van der Waals surface area contributed by atoms with Gasteiger partial charge >= 0.3 is 0 Å². The van der Waals surface area contributed by atoms with E-state index in [1.54, 1.807) is 0 Å². The fraction of sp³-hybridized carbons (Fsp3) is 0.640. The van der Waals surface area contributed by atoms with E-state index in [0.29, 0.717) is 0 Å². The summed E-state index contributed by atoms with van der Waals surface area (Å²) in [6, 6.07) is 10.4. The highest BCUT2D eigenvalue weighted by Gasteiger charge is 2.45. The number of ether oxygens (including phenoxy) is 1. The molecule has 1 fully saturated rings. The van der Waals surface area contributed by atoms with Gasteiger partial charge in [-0.15, -0.1) is 0 Å². The molecule has 0 radical (unpaired) electrons. The first-order valence-electron chi connectivity index (χ1n) is 11.3. The van der Waals surface area contributed by atoms with Gasteiger partial charge in [-0.2, -0.15) is 0 Å². The molecule has 3 atom stereocenters. The molecule has 0 spiro atoms. The molecule has 0 unspecified atom stereocenters. The average Bonchev–Trinajstić information content (AvgIpc) is 2.69. The van der Waals surface area contributed by atoms with Crippen LogP contribution in [0.4, 0.5) is 0 Å². The van der Waals surface area contributed by atoms with Crippen molar-refractivity contribution in [2.75, 3.05) is 0 Å². The summed E-state index contributed by atoms with van der Waals surface area (Å²) in [6.07, 6.45) is 9.50. The van der Waals surface area contributed by atoms with Gasteiger partial charge < -0.3 is 9.16 Å². The second-order valence-electron chi connectivity index (χ2n) is 10.3. The summed E-state index contributed by atoms with van der Waals surface area (Å²) in [6.45, 7) is 15.6. The molecule has 160 valence electrons. The summed E-state index contributed by atoms with van der Waals surface area (Å²) < 4.78 is 13.3. The van der Waals surface area contributed by atoms with Crippen molar-refractivity contribution in [2.24, 2.45) is 10.9 Å². The van der Waals surface area contributed by atoms with E-state index in [1.165, 1.54) is 32.1 Å². The summed E-state index contributed by atoms with van der Waals surface area (Å²) >= 11 is 0. The van der Waals surface area contributed by atoms with Crippen LogP contribution in [0.5, 0.6) is 0 Å². The van der Waals surface area contributed by atoms with Gasteiger partial charge in [0.15, 0.2) is 8.32 Å².